The third kappa shape index (κ3) is 21.3. The number of hydrogen-bond acceptors (Lipinski definition) is 25. The number of phenolic OH excluding ortho intramolecular Hbond substituents is 1. The third-order valence-electron chi connectivity index (χ3n) is 18.0. The molecule has 2 aromatic carbocycles. The molecule has 534 valence electrons. The molecule has 33 heteroatoms. The first kappa shape index (κ1) is 76.4. The smallest absolute Gasteiger partial charge is 0.446 e. The van der Waals surface area contributed by atoms with Crippen molar-refractivity contribution in [2.75, 3.05) is 77.6 Å². The molecule has 0 aliphatic carbocycles. The number of unbranched alkanes of at least 4 members (excludes halogenated alkanes) is 2. The van der Waals surface area contributed by atoms with Gasteiger partial charge in [-0.2, -0.15) is 8.42 Å². The molecule has 0 saturated carbocycles. The van der Waals surface area contributed by atoms with E-state index in [0.29, 0.717) is 38.4 Å². The van der Waals surface area contributed by atoms with Crippen LogP contribution >= 0.6 is 0 Å². The summed E-state index contributed by atoms with van der Waals surface area (Å²) >= 11 is 0. The molecule has 4 aliphatic rings. The van der Waals surface area contributed by atoms with E-state index in [2.05, 4.69) is 64.8 Å². The highest BCUT2D eigenvalue weighted by atomic mass is 32.3. The van der Waals surface area contributed by atoms with Crippen molar-refractivity contribution in [3.63, 3.8) is 0 Å². The number of aliphatic hydroxyl groups excluding tert-OH is 8. The van der Waals surface area contributed by atoms with Gasteiger partial charge in [0.25, 0.3) is 0 Å². The Morgan fingerprint density at radius 1 is 0.781 bits per heavy atom. The van der Waals surface area contributed by atoms with Crippen LogP contribution in [0.4, 0.5) is 5.69 Å². The van der Waals surface area contributed by atoms with Crippen LogP contribution in [0.2, 0.25) is 0 Å². The number of benzene rings is 2. The molecule has 4 fully saturated rings. The van der Waals surface area contributed by atoms with Crippen LogP contribution in [0, 0.1) is 11.8 Å². The van der Waals surface area contributed by atoms with E-state index >= 15 is 0 Å². The van der Waals surface area contributed by atoms with E-state index in [0.717, 1.165) is 70.7 Å². The first-order valence-electron chi connectivity index (χ1n) is 32.4. The van der Waals surface area contributed by atoms with Gasteiger partial charge in [0.05, 0.1) is 92.2 Å². The molecule has 4 aliphatic heterocycles. The van der Waals surface area contributed by atoms with Gasteiger partial charge in [-0.1, -0.05) is 19.4 Å². The van der Waals surface area contributed by atoms with E-state index in [9.17, 15) is 87.7 Å². The summed E-state index contributed by atoms with van der Waals surface area (Å²) in [4.78, 5) is 101. The fourth-order valence-corrected chi connectivity index (χ4v) is 12.5. The molecule has 0 unspecified atom stereocenters. The second-order valence-corrected chi connectivity index (χ2v) is 26.9. The minimum absolute atomic E-state index is 0.0494. The molecule has 0 spiro atoms. The van der Waals surface area contributed by atoms with Crippen LogP contribution in [0.25, 0.3) is 11.4 Å². The average Bonchev–Trinajstić information content (AvgIpc) is 1.62. The molecule has 96 heavy (non-hydrogen) atoms. The van der Waals surface area contributed by atoms with E-state index in [1.165, 1.54) is 13.8 Å². The Kier molecular flexibility index (Phi) is 27.8. The molecule has 7 rings (SSSR count). The second-order valence-electron chi connectivity index (χ2n) is 25.9. The molecule has 16 N–H and O–H groups in total. The molecule has 3 aromatic rings. The minimum atomic E-state index is -5.23. The number of aromatic nitrogens is 2. The summed E-state index contributed by atoms with van der Waals surface area (Å²) in [7, 11) is -3.50. The molecule has 1 aromatic heterocycles. The van der Waals surface area contributed by atoms with Gasteiger partial charge in [-0.05, 0) is 127 Å². The molecular formula is C63H95N11O21S. The van der Waals surface area contributed by atoms with Crippen molar-refractivity contribution in [3.8, 4) is 28.6 Å². The first-order chi connectivity index (χ1) is 45.5. The van der Waals surface area contributed by atoms with Gasteiger partial charge in [0.15, 0.2) is 17.3 Å². The van der Waals surface area contributed by atoms with E-state index in [-0.39, 0.29) is 36.7 Å². The number of aliphatic hydroxyl groups is 8. The number of fused-ring (bicyclic) bond motifs is 2. The van der Waals surface area contributed by atoms with Crippen LogP contribution in [0.5, 0.6) is 17.2 Å². The van der Waals surface area contributed by atoms with Gasteiger partial charge in [0.2, 0.25) is 35.4 Å². The standard InChI is InChI=1S/C63H95N11O21S/c1-35-31-74-54(55(35)83)60(87)68-30-42(78)25-45(65-27-37-16-20-72(21-17-37)41-28-66-56(67-29-41)39-10-12-44(13-11-39)94-22-8-6-7-18-63(3,4)93-5)57(84)69-51(36(2)77)61(88)73-32-43(79)26-46(73)58(85)70-52(49(82)23-38-9-14-47(80)50(24-38)95-96(90,91)92)59(86)71-53(62(74)89)48(81)15-19-64-40(33-75)34-76/h9-14,24,28-29,35-37,40,42-43,45-46,48-49,51-55,64-65,75-83H,6-8,15-23,25-27,30-34H2,1-5H3,(H,68,87)(H,69,84)(H,70,85)(H,71,86)(H,90,91,92)/t35-,36+,42+,43+,45-,46-,48+,49+,51-,52-,53-,54-,55-/m0/s1. The Labute approximate surface area is 557 Å². The van der Waals surface area contributed by atoms with Crippen LogP contribution in [-0.4, -0.2) is 271 Å². The summed E-state index contributed by atoms with van der Waals surface area (Å²) in [5.41, 5.74) is 1.36. The minimum Gasteiger partial charge on any atom is -0.504 e. The number of carbonyl (C=O) groups is 6. The Balaban J connectivity index is 1.11. The van der Waals surface area contributed by atoms with Crippen molar-refractivity contribution < 1.29 is 101 Å². The van der Waals surface area contributed by atoms with Crippen molar-refractivity contribution in [2.24, 2.45) is 11.8 Å². The summed E-state index contributed by atoms with van der Waals surface area (Å²) in [6.07, 6.45) is -3.63. The number of anilines is 1. The van der Waals surface area contributed by atoms with Crippen LogP contribution in [0.1, 0.15) is 91.0 Å². The van der Waals surface area contributed by atoms with Crippen LogP contribution < -0.4 is 45.7 Å². The largest absolute Gasteiger partial charge is 0.504 e. The lowest BCUT2D eigenvalue weighted by Crippen LogP contribution is -2.64. The number of methoxy groups -OCH3 is 1. The van der Waals surface area contributed by atoms with Crippen molar-refractivity contribution in [2.45, 2.75) is 176 Å². The van der Waals surface area contributed by atoms with Gasteiger partial charge in [-0.15, -0.1) is 0 Å². The van der Waals surface area contributed by atoms with E-state index in [4.69, 9.17) is 9.47 Å². The molecule has 32 nitrogen and oxygen atoms in total. The number of ether oxygens (including phenoxy) is 2. The van der Waals surface area contributed by atoms with Crippen LogP contribution in [0.15, 0.2) is 54.9 Å². The van der Waals surface area contributed by atoms with Crippen molar-refractivity contribution in [1.29, 1.82) is 0 Å². The maximum atomic E-state index is 15.0. The van der Waals surface area contributed by atoms with Crippen molar-refractivity contribution in [3.05, 3.63) is 60.4 Å². The van der Waals surface area contributed by atoms with Crippen LogP contribution in [-0.2, 0) is 50.3 Å². The number of carbonyl (C=O) groups excluding carboxylic acids is 6. The van der Waals surface area contributed by atoms with Gasteiger partial charge in [-0.3, -0.25) is 33.3 Å². The Hall–Kier alpha value is -6.99. The quantitative estimate of drug-likeness (QED) is 0.0277. The number of piperidine rings is 1. The maximum absolute atomic E-state index is 15.0. The molecule has 4 saturated heterocycles. The SMILES string of the molecule is COC(C)(C)CCCCCOc1ccc(-c2ncc(N3CCC(CN[C@H]4C[C@@H](O)CNC(=O)[C@@H]5[C@@H](O)[C@@H](C)CN5C(=O)[C@H]([C@H](O)CCNC(CO)CO)NC(=O)[C@H]([C@H](O)Cc5ccc(O)c(OS(=O)(=O)O)c5)NC(=O)[C@@H]5C[C@@H](O)CN5C(=O)[C@H]([C@@H](C)O)NC4=O)CC3)cn2)cc1. The number of rotatable bonds is 26. The summed E-state index contributed by atoms with van der Waals surface area (Å²) in [5, 5.41) is 115. The lowest BCUT2D eigenvalue weighted by molar-refractivity contribution is -0.147. The lowest BCUT2D eigenvalue weighted by atomic mass is 9.95. The number of β-amino-alcohol motifs (C(OH)–C–C–N with tert-alkyl or cyclic N) is 1. The monoisotopic (exact) mass is 1370 g/mol. The number of hydrogen-bond donors (Lipinski definition) is 16. The van der Waals surface area contributed by atoms with E-state index < -0.39 is 194 Å². The summed E-state index contributed by atoms with van der Waals surface area (Å²) in [6.45, 7) is 5.99. The molecule has 0 bridgehead atoms. The number of nitrogens with one attached hydrogen (secondary N) is 6. The third-order valence-corrected chi connectivity index (χ3v) is 18.4. The molecule has 5 heterocycles. The summed E-state index contributed by atoms with van der Waals surface area (Å²) in [5.74, 6) is -7.99. The van der Waals surface area contributed by atoms with E-state index in [1.807, 2.05) is 24.3 Å². The van der Waals surface area contributed by atoms with Gasteiger partial charge >= 0.3 is 10.4 Å². The van der Waals surface area contributed by atoms with E-state index in [1.54, 1.807) is 19.5 Å². The lowest BCUT2D eigenvalue weighted by Gasteiger charge is -2.34. The number of phenols is 1. The Morgan fingerprint density at radius 2 is 1.44 bits per heavy atom. The van der Waals surface area contributed by atoms with Gasteiger partial charge in [0.1, 0.15) is 36.0 Å². The van der Waals surface area contributed by atoms with Gasteiger partial charge in [-0.25, -0.2) is 9.97 Å². The predicted octanol–water partition coefficient (Wildman–Crippen LogP) is -3.25. The molecule has 0 radical (unpaired) electrons. The highest BCUT2D eigenvalue weighted by Crippen LogP contribution is 2.31. The highest BCUT2D eigenvalue weighted by Gasteiger charge is 2.50. The Morgan fingerprint density at radius 3 is 2.08 bits per heavy atom. The zero-order chi connectivity index (χ0) is 70.2. The van der Waals surface area contributed by atoms with Gasteiger partial charge < -0.3 is 106 Å². The number of nitrogens with zero attached hydrogens (tertiary/aromatic N) is 5. The van der Waals surface area contributed by atoms with Crippen molar-refractivity contribution >= 4 is 51.5 Å². The highest BCUT2D eigenvalue weighted by molar-refractivity contribution is 7.81. The zero-order valence-electron chi connectivity index (χ0n) is 54.6. The average molecular weight is 1370 g/mol. The second kappa shape index (κ2) is 35.0. The number of amides is 6. The zero-order valence-corrected chi connectivity index (χ0v) is 55.4. The molecule has 13 atom stereocenters. The maximum Gasteiger partial charge on any atom is 0.446 e. The fourth-order valence-electron chi connectivity index (χ4n) is 12.1. The van der Waals surface area contributed by atoms with Crippen LogP contribution in [0.3, 0.4) is 0 Å². The van der Waals surface area contributed by atoms with Gasteiger partial charge in [0, 0.05) is 64.2 Å². The normalized spacial score (nSPS) is 25.8. The summed E-state index contributed by atoms with van der Waals surface area (Å²) < 4.78 is 48.5. The topological polar surface area (TPSA) is 474 Å². The molecular weight excluding hydrogens is 1280 g/mol. The fraction of sp³-hybridized carbons (Fsp3) is 0.651. The summed E-state index contributed by atoms with van der Waals surface area (Å²) in [6, 6.07) is -1.29. The van der Waals surface area contributed by atoms with Crippen molar-refractivity contribution in [1.82, 2.24) is 51.7 Å². The Bertz CT molecular complexity index is 3180. The number of aromatic hydroxyl groups is 1. The first-order valence-corrected chi connectivity index (χ1v) is 33.8. The molecule has 6 amide bonds. The predicted molar refractivity (Wildman–Crippen MR) is 344 cm³/mol.